The third kappa shape index (κ3) is 1.85. The van der Waals surface area contributed by atoms with Gasteiger partial charge < -0.3 is 0 Å². The minimum Gasteiger partial charge on any atom is -0.122 e. The van der Waals surface area contributed by atoms with E-state index in [0.717, 1.165) is 17.1 Å². The van der Waals surface area contributed by atoms with E-state index in [1.54, 1.807) is 0 Å². The molecule has 0 amide bonds. The van der Waals surface area contributed by atoms with E-state index < -0.39 is 0 Å². The fourth-order valence-corrected chi connectivity index (χ4v) is 5.25. The summed E-state index contributed by atoms with van der Waals surface area (Å²) in [5.41, 5.74) is 0. The minimum absolute atomic E-state index is 0.893. The standard InChI is InChI=1S/C17H18S/c1-2-4-14-11-16(8-7-13(14)3-1)18-17-10-12-5-6-15(17)9-12/h1-4,7-8,11-12,15,17H,5-6,9-10H2. The van der Waals surface area contributed by atoms with Crippen LogP contribution in [0.2, 0.25) is 0 Å². The van der Waals surface area contributed by atoms with Crippen LogP contribution in [0.4, 0.5) is 0 Å². The van der Waals surface area contributed by atoms with Crippen molar-refractivity contribution in [1.29, 1.82) is 0 Å². The summed E-state index contributed by atoms with van der Waals surface area (Å²) in [5, 5.41) is 3.63. The highest BCUT2D eigenvalue weighted by molar-refractivity contribution is 8.00. The van der Waals surface area contributed by atoms with Gasteiger partial charge in [0, 0.05) is 10.1 Å². The Hall–Kier alpha value is -0.950. The van der Waals surface area contributed by atoms with E-state index in [1.807, 2.05) is 0 Å². The molecule has 0 heterocycles. The van der Waals surface area contributed by atoms with E-state index in [0.29, 0.717) is 0 Å². The molecule has 2 saturated carbocycles. The zero-order chi connectivity index (χ0) is 11.9. The zero-order valence-corrected chi connectivity index (χ0v) is 11.3. The van der Waals surface area contributed by atoms with E-state index >= 15 is 0 Å². The van der Waals surface area contributed by atoms with Crippen molar-refractivity contribution in [2.75, 3.05) is 0 Å². The van der Waals surface area contributed by atoms with Gasteiger partial charge in [-0.25, -0.2) is 0 Å². The number of hydrogen-bond acceptors (Lipinski definition) is 1. The Morgan fingerprint density at radius 3 is 2.56 bits per heavy atom. The SMILES string of the molecule is c1ccc2cc(SC3CC4CCC3C4)ccc2c1. The first-order valence-corrected chi connectivity index (χ1v) is 7.92. The first kappa shape index (κ1) is 10.9. The van der Waals surface area contributed by atoms with Crippen molar-refractivity contribution in [3.8, 4) is 0 Å². The summed E-state index contributed by atoms with van der Waals surface area (Å²) in [7, 11) is 0. The Kier molecular flexibility index (Phi) is 2.61. The molecule has 2 fully saturated rings. The predicted molar refractivity (Wildman–Crippen MR) is 79.0 cm³/mol. The summed E-state index contributed by atoms with van der Waals surface area (Å²) in [5.74, 6) is 2.06. The lowest BCUT2D eigenvalue weighted by Gasteiger charge is -2.21. The van der Waals surface area contributed by atoms with Crippen LogP contribution in [-0.2, 0) is 0 Å². The van der Waals surface area contributed by atoms with Crippen LogP contribution in [0.3, 0.4) is 0 Å². The first-order valence-electron chi connectivity index (χ1n) is 7.04. The van der Waals surface area contributed by atoms with Gasteiger partial charge in [-0.2, -0.15) is 0 Å². The van der Waals surface area contributed by atoms with Gasteiger partial charge in [-0.3, -0.25) is 0 Å². The quantitative estimate of drug-likeness (QED) is 0.716. The number of thioether (sulfide) groups is 1. The second-order valence-electron chi connectivity index (χ2n) is 5.84. The van der Waals surface area contributed by atoms with E-state index in [9.17, 15) is 0 Å². The minimum atomic E-state index is 0.893. The molecule has 2 aromatic carbocycles. The average molecular weight is 254 g/mol. The number of hydrogen-bond donors (Lipinski definition) is 0. The molecule has 0 radical (unpaired) electrons. The Morgan fingerprint density at radius 1 is 0.889 bits per heavy atom. The molecule has 18 heavy (non-hydrogen) atoms. The van der Waals surface area contributed by atoms with Crippen LogP contribution >= 0.6 is 11.8 Å². The topological polar surface area (TPSA) is 0 Å². The Bertz CT molecular complexity index is 575. The molecule has 0 spiro atoms. The van der Waals surface area contributed by atoms with Crippen molar-refractivity contribution in [2.24, 2.45) is 11.8 Å². The molecule has 4 rings (SSSR count). The highest BCUT2D eigenvalue weighted by Gasteiger charge is 2.39. The molecule has 0 N–H and O–H groups in total. The molecule has 1 heteroatoms. The molecular formula is C17H18S. The van der Waals surface area contributed by atoms with Crippen molar-refractivity contribution in [2.45, 2.75) is 35.8 Å². The van der Waals surface area contributed by atoms with Gasteiger partial charge in [0.1, 0.15) is 0 Å². The van der Waals surface area contributed by atoms with Crippen LogP contribution in [0.1, 0.15) is 25.7 Å². The molecule has 92 valence electrons. The van der Waals surface area contributed by atoms with Crippen molar-refractivity contribution in [3.63, 3.8) is 0 Å². The Morgan fingerprint density at radius 2 is 1.78 bits per heavy atom. The lowest BCUT2D eigenvalue weighted by atomic mass is 10.0. The summed E-state index contributed by atoms with van der Waals surface area (Å²) in [6.45, 7) is 0. The highest BCUT2D eigenvalue weighted by Crippen LogP contribution is 2.51. The summed E-state index contributed by atoms with van der Waals surface area (Å²) >= 11 is 2.13. The van der Waals surface area contributed by atoms with Gasteiger partial charge >= 0.3 is 0 Å². The normalized spacial score (nSPS) is 30.1. The lowest BCUT2D eigenvalue weighted by Crippen LogP contribution is -2.11. The maximum atomic E-state index is 2.37. The predicted octanol–water partition coefficient (Wildman–Crippen LogP) is 5.12. The third-order valence-corrected chi connectivity index (χ3v) is 6.09. The molecule has 0 saturated heterocycles. The van der Waals surface area contributed by atoms with Crippen LogP contribution in [0.5, 0.6) is 0 Å². The van der Waals surface area contributed by atoms with E-state index in [4.69, 9.17) is 0 Å². The monoisotopic (exact) mass is 254 g/mol. The molecule has 0 aromatic heterocycles. The number of benzene rings is 2. The molecular weight excluding hydrogens is 236 g/mol. The van der Waals surface area contributed by atoms with Gasteiger partial charge in [-0.05, 0) is 54.0 Å². The highest BCUT2D eigenvalue weighted by atomic mass is 32.2. The van der Waals surface area contributed by atoms with Crippen molar-refractivity contribution >= 4 is 22.5 Å². The second kappa shape index (κ2) is 4.31. The molecule has 0 aliphatic heterocycles. The van der Waals surface area contributed by atoms with Crippen LogP contribution < -0.4 is 0 Å². The molecule has 3 unspecified atom stereocenters. The van der Waals surface area contributed by atoms with Gasteiger partial charge in [-0.1, -0.05) is 36.8 Å². The summed E-state index contributed by atoms with van der Waals surface area (Å²) in [6, 6.07) is 15.6. The fraction of sp³-hybridized carbons (Fsp3) is 0.412. The van der Waals surface area contributed by atoms with E-state index in [1.165, 1.54) is 41.4 Å². The molecule has 2 aliphatic rings. The van der Waals surface area contributed by atoms with Crippen LogP contribution in [0.25, 0.3) is 10.8 Å². The van der Waals surface area contributed by atoms with Gasteiger partial charge in [-0.15, -0.1) is 11.8 Å². The molecule has 0 nitrogen and oxygen atoms in total. The van der Waals surface area contributed by atoms with Gasteiger partial charge in [0.25, 0.3) is 0 Å². The summed E-state index contributed by atoms with van der Waals surface area (Å²) < 4.78 is 0. The second-order valence-corrected chi connectivity index (χ2v) is 7.15. The molecule has 2 aromatic rings. The Labute approximate surface area is 113 Å². The van der Waals surface area contributed by atoms with Gasteiger partial charge in [0.05, 0.1) is 0 Å². The van der Waals surface area contributed by atoms with Crippen LogP contribution in [0.15, 0.2) is 47.4 Å². The smallest absolute Gasteiger partial charge is 0.0125 e. The van der Waals surface area contributed by atoms with Crippen molar-refractivity contribution in [1.82, 2.24) is 0 Å². The lowest BCUT2D eigenvalue weighted by molar-refractivity contribution is 0.492. The first-order chi connectivity index (χ1) is 8.88. The molecule has 2 aliphatic carbocycles. The van der Waals surface area contributed by atoms with Gasteiger partial charge in [0.2, 0.25) is 0 Å². The average Bonchev–Trinajstić information content (AvgIpc) is 3.01. The zero-order valence-electron chi connectivity index (χ0n) is 10.5. The number of rotatable bonds is 2. The van der Waals surface area contributed by atoms with Crippen molar-refractivity contribution < 1.29 is 0 Å². The number of fused-ring (bicyclic) bond motifs is 3. The van der Waals surface area contributed by atoms with Gasteiger partial charge in [0.15, 0.2) is 0 Å². The van der Waals surface area contributed by atoms with E-state index in [-0.39, 0.29) is 0 Å². The van der Waals surface area contributed by atoms with Crippen LogP contribution in [-0.4, -0.2) is 5.25 Å². The largest absolute Gasteiger partial charge is 0.122 e. The van der Waals surface area contributed by atoms with Crippen molar-refractivity contribution in [3.05, 3.63) is 42.5 Å². The maximum absolute atomic E-state index is 2.37. The summed E-state index contributed by atoms with van der Waals surface area (Å²) in [4.78, 5) is 1.46. The third-order valence-electron chi connectivity index (χ3n) is 4.68. The Balaban J connectivity index is 1.59. The molecule has 3 atom stereocenters. The maximum Gasteiger partial charge on any atom is 0.0125 e. The van der Waals surface area contributed by atoms with Crippen LogP contribution in [0, 0.1) is 11.8 Å². The summed E-state index contributed by atoms with van der Waals surface area (Å²) in [6.07, 6.45) is 5.95. The van der Waals surface area contributed by atoms with E-state index in [2.05, 4.69) is 54.2 Å². The molecule has 2 bridgehead atoms. The fourth-order valence-electron chi connectivity index (χ4n) is 3.75.